The lowest BCUT2D eigenvalue weighted by atomic mass is 10.6. The summed E-state index contributed by atoms with van der Waals surface area (Å²) < 4.78 is 10.4. The Morgan fingerprint density at radius 3 is 2.93 bits per heavy atom. The average molecular weight is 231 g/mol. The lowest BCUT2D eigenvalue weighted by molar-refractivity contribution is 0.150. The molecule has 1 heterocycles. The Hall–Kier alpha value is -0.590. The number of hydrogen-bond donors (Lipinski definition) is 1. The highest BCUT2D eigenvalue weighted by Gasteiger charge is 2.01. The van der Waals surface area contributed by atoms with Crippen LogP contribution in [-0.2, 0) is 4.74 Å². The van der Waals surface area contributed by atoms with Gasteiger partial charge in [-0.25, -0.2) is 0 Å². The molecule has 0 bridgehead atoms. The summed E-state index contributed by atoms with van der Waals surface area (Å²) in [5, 5.41) is 11.5. The summed E-state index contributed by atoms with van der Waals surface area (Å²) in [4.78, 5) is 0. The van der Waals surface area contributed by atoms with Crippen LogP contribution in [0.2, 0.25) is 0 Å². The van der Waals surface area contributed by atoms with E-state index in [-0.39, 0.29) is 0 Å². The summed E-state index contributed by atoms with van der Waals surface area (Å²) in [6.07, 6.45) is 0. The molecule has 0 saturated heterocycles. The van der Waals surface area contributed by atoms with Crippen molar-refractivity contribution in [3.63, 3.8) is 0 Å². The van der Waals surface area contributed by atoms with Crippen LogP contribution in [0.1, 0.15) is 12.8 Å². The van der Waals surface area contributed by atoms with Crippen LogP contribution >= 0.6 is 11.8 Å². The minimum Gasteiger partial charge on any atom is -0.416 e. The minimum absolute atomic E-state index is 0.613. The van der Waals surface area contributed by atoms with Crippen LogP contribution in [-0.4, -0.2) is 42.3 Å². The number of aromatic nitrogens is 2. The van der Waals surface area contributed by atoms with Crippen LogP contribution in [0, 0.1) is 6.92 Å². The van der Waals surface area contributed by atoms with E-state index in [1.165, 1.54) is 0 Å². The highest BCUT2D eigenvalue weighted by atomic mass is 32.2. The van der Waals surface area contributed by atoms with Gasteiger partial charge in [-0.3, -0.25) is 0 Å². The Labute approximate surface area is 94.0 Å². The topological polar surface area (TPSA) is 60.2 Å². The molecule has 0 aliphatic rings. The molecule has 0 amide bonds. The van der Waals surface area contributed by atoms with Crippen LogP contribution < -0.4 is 5.32 Å². The van der Waals surface area contributed by atoms with Gasteiger partial charge in [0, 0.05) is 32.4 Å². The fourth-order valence-electron chi connectivity index (χ4n) is 0.961. The maximum absolute atomic E-state index is 5.22. The van der Waals surface area contributed by atoms with E-state index in [1.807, 2.05) is 6.92 Å². The van der Waals surface area contributed by atoms with Crippen molar-refractivity contribution in [2.45, 2.75) is 19.1 Å². The van der Waals surface area contributed by atoms with Gasteiger partial charge < -0.3 is 14.5 Å². The summed E-state index contributed by atoms with van der Waals surface area (Å²) in [5.74, 6) is 1.54. The first kappa shape index (κ1) is 12.5. The molecular weight excluding hydrogens is 214 g/mol. The number of aryl methyl sites for hydroxylation is 1. The Morgan fingerprint density at radius 1 is 1.40 bits per heavy atom. The van der Waals surface area contributed by atoms with Crippen molar-refractivity contribution in [3.05, 3.63) is 5.89 Å². The second kappa shape index (κ2) is 7.67. The molecular formula is C9H17N3O2S. The van der Waals surface area contributed by atoms with Gasteiger partial charge in [0.25, 0.3) is 5.22 Å². The van der Waals surface area contributed by atoms with Crippen molar-refractivity contribution < 1.29 is 9.15 Å². The first-order valence-corrected chi connectivity index (χ1v) is 6.03. The number of ether oxygens (including phenoxy) is 1. The fourth-order valence-corrected chi connectivity index (χ4v) is 1.66. The van der Waals surface area contributed by atoms with E-state index in [0.717, 1.165) is 32.1 Å². The number of nitrogens with zero attached hydrogens (tertiary/aromatic N) is 2. The molecule has 0 unspecified atom stereocenters. The zero-order valence-electron chi connectivity index (χ0n) is 9.15. The van der Waals surface area contributed by atoms with Gasteiger partial charge in [-0.2, -0.15) is 0 Å². The first-order chi connectivity index (χ1) is 7.33. The van der Waals surface area contributed by atoms with Gasteiger partial charge in [-0.05, 0) is 6.92 Å². The Kier molecular flexibility index (Phi) is 6.38. The molecule has 0 atom stereocenters. The predicted octanol–water partition coefficient (Wildman–Crippen LogP) is 1.10. The van der Waals surface area contributed by atoms with Gasteiger partial charge in [-0.15, -0.1) is 10.2 Å². The number of hydrogen-bond acceptors (Lipinski definition) is 6. The normalized spacial score (nSPS) is 10.8. The summed E-state index contributed by atoms with van der Waals surface area (Å²) >= 11 is 1.56. The molecule has 1 aromatic heterocycles. The molecule has 86 valence electrons. The Bertz CT molecular complexity index is 268. The third-order valence-corrected chi connectivity index (χ3v) is 2.46. The van der Waals surface area contributed by atoms with Crippen LogP contribution in [0.3, 0.4) is 0 Å². The Balaban J connectivity index is 1.93. The molecule has 0 aromatic carbocycles. The van der Waals surface area contributed by atoms with Crippen molar-refractivity contribution in [2.75, 3.05) is 32.1 Å². The molecule has 0 aliphatic heterocycles. The smallest absolute Gasteiger partial charge is 0.276 e. The van der Waals surface area contributed by atoms with Crippen molar-refractivity contribution in [1.29, 1.82) is 0 Å². The van der Waals surface area contributed by atoms with E-state index in [2.05, 4.69) is 15.5 Å². The van der Waals surface area contributed by atoms with Crippen molar-refractivity contribution in [3.8, 4) is 0 Å². The second-order valence-corrected chi connectivity index (χ2v) is 3.93. The quantitative estimate of drug-likeness (QED) is 0.534. The van der Waals surface area contributed by atoms with E-state index in [4.69, 9.17) is 9.15 Å². The van der Waals surface area contributed by atoms with Crippen LogP contribution in [0.5, 0.6) is 0 Å². The van der Waals surface area contributed by atoms with E-state index < -0.39 is 0 Å². The molecule has 0 spiro atoms. The SMILES string of the molecule is CCOCCNCCSc1nnc(C)o1. The number of thioether (sulfide) groups is 1. The van der Waals surface area contributed by atoms with Gasteiger partial charge in [0.05, 0.1) is 6.61 Å². The maximum atomic E-state index is 5.22. The molecule has 1 rings (SSSR count). The molecule has 0 saturated carbocycles. The average Bonchev–Trinajstić information content (AvgIpc) is 2.63. The number of rotatable bonds is 8. The van der Waals surface area contributed by atoms with E-state index in [0.29, 0.717) is 11.1 Å². The van der Waals surface area contributed by atoms with Crippen molar-refractivity contribution >= 4 is 11.8 Å². The molecule has 0 fully saturated rings. The molecule has 6 heteroatoms. The lowest BCUT2D eigenvalue weighted by Gasteiger charge is -2.02. The highest BCUT2D eigenvalue weighted by Crippen LogP contribution is 2.14. The summed E-state index contributed by atoms with van der Waals surface area (Å²) in [7, 11) is 0. The minimum atomic E-state index is 0.613. The lowest BCUT2D eigenvalue weighted by Crippen LogP contribution is -2.22. The van der Waals surface area contributed by atoms with Crippen molar-refractivity contribution in [2.24, 2.45) is 0 Å². The monoisotopic (exact) mass is 231 g/mol. The Morgan fingerprint density at radius 2 is 2.27 bits per heavy atom. The van der Waals surface area contributed by atoms with Gasteiger partial charge in [0.2, 0.25) is 5.89 Å². The van der Waals surface area contributed by atoms with E-state index in [1.54, 1.807) is 18.7 Å². The highest BCUT2D eigenvalue weighted by molar-refractivity contribution is 7.99. The summed E-state index contributed by atoms with van der Waals surface area (Å²) in [6.45, 7) is 7.13. The van der Waals surface area contributed by atoms with Gasteiger partial charge in [-0.1, -0.05) is 11.8 Å². The first-order valence-electron chi connectivity index (χ1n) is 5.04. The summed E-state index contributed by atoms with van der Waals surface area (Å²) in [6, 6.07) is 0. The third-order valence-electron chi connectivity index (χ3n) is 1.64. The van der Waals surface area contributed by atoms with Crippen molar-refractivity contribution in [1.82, 2.24) is 15.5 Å². The number of nitrogens with one attached hydrogen (secondary N) is 1. The fraction of sp³-hybridized carbons (Fsp3) is 0.778. The molecule has 15 heavy (non-hydrogen) atoms. The zero-order chi connectivity index (χ0) is 10.9. The van der Waals surface area contributed by atoms with Crippen LogP contribution in [0.25, 0.3) is 0 Å². The van der Waals surface area contributed by atoms with Gasteiger partial charge in [0.15, 0.2) is 0 Å². The molecule has 0 aliphatic carbocycles. The molecule has 1 N–H and O–H groups in total. The second-order valence-electron chi connectivity index (χ2n) is 2.88. The molecule has 1 aromatic rings. The largest absolute Gasteiger partial charge is 0.416 e. The van der Waals surface area contributed by atoms with Gasteiger partial charge in [0.1, 0.15) is 0 Å². The van der Waals surface area contributed by atoms with Crippen LogP contribution in [0.15, 0.2) is 9.64 Å². The summed E-state index contributed by atoms with van der Waals surface area (Å²) in [5.41, 5.74) is 0. The zero-order valence-corrected chi connectivity index (χ0v) is 9.97. The predicted molar refractivity (Wildman–Crippen MR) is 59.1 cm³/mol. The maximum Gasteiger partial charge on any atom is 0.276 e. The molecule has 0 radical (unpaired) electrons. The standard InChI is InChI=1S/C9H17N3O2S/c1-3-13-6-4-10-5-7-15-9-12-11-8(2)14-9/h10H,3-7H2,1-2H3. The van der Waals surface area contributed by atoms with E-state index >= 15 is 0 Å². The molecule has 5 nitrogen and oxygen atoms in total. The van der Waals surface area contributed by atoms with Gasteiger partial charge >= 0.3 is 0 Å². The van der Waals surface area contributed by atoms with Crippen LogP contribution in [0.4, 0.5) is 0 Å². The third kappa shape index (κ3) is 5.76. The van der Waals surface area contributed by atoms with E-state index in [9.17, 15) is 0 Å².